The van der Waals surface area contributed by atoms with Crippen LogP contribution in [0.25, 0.3) is 0 Å². The number of ketones is 1. The number of hydrogen-bond donors (Lipinski definition) is 1. The van der Waals surface area contributed by atoms with Crippen molar-refractivity contribution in [3.63, 3.8) is 0 Å². The molecule has 6 nitrogen and oxygen atoms in total. The first-order valence-corrected chi connectivity index (χ1v) is 16.1. The molecule has 0 aliphatic carbocycles. The number of hydrazone groups is 1. The average molecular weight is 596 g/mol. The van der Waals surface area contributed by atoms with Gasteiger partial charge in [0.2, 0.25) is 4.33 Å². The number of alkyl halides is 2. The van der Waals surface area contributed by atoms with E-state index in [1.165, 1.54) is 83.5 Å². The molecule has 0 spiro atoms. The number of aliphatic carboxylic acids is 1. The highest BCUT2D eigenvalue weighted by molar-refractivity contribution is 6.71. The summed E-state index contributed by atoms with van der Waals surface area (Å²) in [7, 11) is 0. The molecule has 40 heavy (non-hydrogen) atoms. The van der Waals surface area contributed by atoms with Gasteiger partial charge in [0.05, 0.1) is 23.7 Å². The van der Waals surface area contributed by atoms with Crippen molar-refractivity contribution >= 4 is 52.3 Å². The van der Waals surface area contributed by atoms with Crippen LogP contribution in [0.2, 0.25) is 0 Å². The maximum atomic E-state index is 12.7. The Labute approximate surface area is 250 Å². The summed E-state index contributed by atoms with van der Waals surface area (Å²) in [6.07, 6.45) is 20.2. The van der Waals surface area contributed by atoms with E-state index in [4.69, 9.17) is 23.2 Å². The Morgan fingerprint density at radius 1 is 0.825 bits per heavy atom. The normalized spacial score (nSPS) is 15.3. The van der Waals surface area contributed by atoms with Gasteiger partial charge < -0.3 is 5.11 Å². The Kier molecular flexibility index (Phi) is 16.5. The molecule has 1 aliphatic rings. The van der Waals surface area contributed by atoms with Crippen LogP contribution in [0.15, 0.2) is 35.4 Å². The zero-order chi connectivity index (χ0) is 29.2. The summed E-state index contributed by atoms with van der Waals surface area (Å²) in [5.41, 5.74) is 0.522. The van der Waals surface area contributed by atoms with Gasteiger partial charge >= 0.3 is 5.97 Å². The van der Waals surface area contributed by atoms with Gasteiger partial charge in [0.25, 0.3) is 5.91 Å². The second-order valence-electron chi connectivity index (χ2n) is 11.1. The molecule has 1 aliphatic heterocycles. The Bertz CT molecular complexity index is 936. The molecule has 0 unspecified atom stereocenters. The predicted molar refractivity (Wildman–Crippen MR) is 165 cm³/mol. The van der Waals surface area contributed by atoms with Crippen LogP contribution in [0.5, 0.6) is 0 Å². The van der Waals surface area contributed by atoms with E-state index in [-0.39, 0.29) is 24.3 Å². The highest BCUT2D eigenvalue weighted by Crippen LogP contribution is 2.36. The molecule has 0 saturated carbocycles. The maximum Gasteiger partial charge on any atom is 0.306 e. The van der Waals surface area contributed by atoms with Crippen molar-refractivity contribution < 1.29 is 19.5 Å². The summed E-state index contributed by atoms with van der Waals surface area (Å²) in [5, 5.41) is 14.9. The molecule has 1 aromatic rings. The van der Waals surface area contributed by atoms with E-state index in [0.29, 0.717) is 12.1 Å². The van der Waals surface area contributed by atoms with Gasteiger partial charge in [-0.3, -0.25) is 14.4 Å². The van der Waals surface area contributed by atoms with Crippen LogP contribution in [0, 0.1) is 5.92 Å². The monoisotopic (exact) mass is 594 g/mol. The fraction of sp³-hybridized carbons (Fsp3) is 0.688. The molecule has 1 amide bonds. The molecule has 1 atom stereocenters. The number of Topliss-reactive ketones (excluding diaryl/α,β-unsaturated/α-hetero) is 1. The predicted octanol–water partition coefficient (Wildman–Crippen LogP) is 9.26. The summed E-state index contributed by atoms with van der Waals surface area (Å²) < 4.78 is -1.95. The first kappa shape index (κ1) is 34.3. The number of hydrogen-bond acceptors (Lipinski definition) is 4. The topological polar surface area (TPSA) is 87.0 Å². The fourth-order valence-electron chi connectivity index (χ4n) is 5.16. The van der Waals surface area contributed by atoms with Crippen LogP contribution in [0.1, 0.15) is 129 Å². The van der Waals surface area contributed by atoms with Crippen molar-refractivity contribution in [3.05, 3.63) is 30.3 Å². The highest BCUT2D eigenvalue weighted by Gasteiger charge is 2.49. The van der Waals surface area contributed by atoms with Crippen LogP contribution in [-0.2, 0) is 14.4 Å². The van der Waals surface area contributed by atoms with E-state index in [9.17, 15) is 19.5 Å². The van der Waals surface area contributed by atoms with E-state index < -0.39 is 22.1 Å². The van der Waals surface area contributed by atoms with Crippen LogP contribution in [0.3, 0.4) is 0 Å². The third-order valence-corrected chi connectivity index (χ3v) is 8.40. The molecule has 0 aromatic heterocycles. The minimum atomic E-state index is -1.95. The SMILES string of the molecule is CCCCCCCCCCCCCCCCCC[C@@H](CC(=O)CC1=NN(c2ccccc2)C(=O)C1(Cl)Cl)C(=O)O. The summed E-state index contributed by atoms with van der Waals surface area (Å²) in [4.78, 5) is 37.2. The van der Waals surface area contributed by atoms with Crippen LogP contribution >= 0.6 is 23.2 Å². The number of halogens is 2. The number of carboxylic acid groups (broad SMARTS) is 1. The third-order valence-electron chi connectivity index (χ3n) is 7.64. The summed E-state index contributed by atoms with van der Waals surface area (Å²) in [5.74, 6) is -2.72. The number of anilines is 1. The van der Waals surface area contributed by atoms with Crippen molar-refractivity contribution in [1.82, 2.24) is 0 Å². The molecule has 0 radical (unpaired) electrons. The highest BCUT2D eigenvalue weighted by atomic mass is 35.5. The van der Waals surface area contributed by atoms with Crippen molar-refractivity contribution in [2.45, 2.75) is 133 Å². The number of rotatable bonds is 23. The fourth-order valence-corrected chi connectivity index (χ4v) is 5.53. The number of amides is 1. The minimum absolute atomic E-state index is 0.0289. The molecule has 1 N–H and O–H groups in total. The molecule has 1 heterocycles. The zero-order valence-electron chi connectivity index (χ0n) is 24.2. The maximum absolute atomic E-state index is 12.7. The van der Waals surface area contributed by atoms with Gasteiger partial charge in [0.15, 0.2) is 0 Å². The molecule has 0 fully saturated rings. The van der Waals surface area contributed by atoms with Crippen molar-refractivity contribution in [1.29, 1.82) is 0 Å². The number of benzene rings is 1. The van der Waals surface area contributed by atoms with Gasteiger partial charge in [0, 0.05) is 6.42 Å². The Balaban J connectivity index is 1.59. The van der Waals surface area contributed by atoms with Gasteiger partial charge in [-0.05, 0) is 18.6 Å². The second kappa shape index (κ2) is 19.2. The van der Waals surface area contributed by atoms with E-state index in [0.717, 1.165) is 24.3 Å². The number of carbonyl (C=O) groups excluding carboxylic acids is 2. The summed E-state index contributed by atoms with van der Waals surface area (Å²) >= 11 is 12.5. The molecule has 2 rings (SSSR count). The molecule has 0 saturated heterocycles. The number of unbranched alkanes of at least 4 members (excludes halogenated alkanes) is 15. The molecule has 1 aromatic carbocycles. The smallest absolute Gasteiger partial charge is 0.306 e. The largest absolute Gasteiger partial charge is 0.481 e. The Hall–Kier alpha value is -1.92. The average Bonchev–Trinajstić information content (AvgIpc) is 3.15. The van der Waals surface area contributed by atoms with Gasteiger partial charge in [-0.15, -0.1) is 0 Å². The quantitative estimate of drug-likeness (QED) is 0.101. The first-order valence-electron chi connectivity index (χ1n) is 15.4. The van der Waals surface area contributed by atoms with E-state index in [1.807, 2.05) is 0 Å². The van der Waals surface area contributed by atoms with Crippen molar-refractivity contribution in [3.8, 4) is 0 Å². The standard InChI is InChI=1S/C32H48Cl2N2O4/c1-2-3-4-5-6-7-8-9-10-11-12-13-14-15-16-18-21-26(30(38)39)24-28(37)25-29-32(33,34)31(40)36(35-29)27-22-19-17-20-23-27/h17,19-20,22-23,26H,2-16,18,21,24-25H2,1H3,(H,38,39)/t26-/m0/s1. The summed E-state index contributed by atoms with van der Waals surface area (Å²) in [6, 6.07) is 8.68. The van der Waals surface area contributed by atoms with E-state index in [1.54, 1.807) is 30.3 Å². The lowest BCUT2D eigenvalue weighted by Gasteiger charge is -2.16. The summed E-state index contributed by atoms with van der Waals surface area (Å²) in [6.45, 7) is 2.26. The lowest BCUT2D eigenvalue weighted by Crippen LogP contribution is -2.37. The molecule has 0 bridgehead atoms. The van der Waals surface area contributed by atoms with Gasteiger partial charge in [-0.25, -0.2) is 0 Å². The van der Waals surface area contributed by atoms with Gasteiger partial charge in [-0.2, -0.15) is 10.1 Å². The first-order chi connectivity index (χ1) is 19.3. The van der Waals surface area contributed by atoms with Crippen molar-refractivity contribution in [2.75, 3.05) is 5.01 Å². The molecular formula is C32H48Cl2N2O4. The third kappa shape index (κ3) is 12.3. The Morgan fingerprint density at radius 2 is 1.30 bits per heavy atom. The van der Waals surface area contributed by atoms with Crippen LogP contribution in [0.4, 0.5) is 5.69 Å². The van der Waals surface area contributed by atoms with Crippen LogP contribution < -0.4 is 5.01 Å². The molecular weight excluding hydrogens is 547 g/mol. The number of para-hydroxylation sites is 1. The number of carbonyl (C=O) groups is 3. The lowest BCUT2D eigenvalue weighted by atomic mass is 9.93. The number of carboxylic acids is 1. The van der Waals surface area contributed by atoms with Crippen molar-refractivity contribution in [2.24, 2.45) is 11.0 Å². The van der Waals surface area contributed by atoms with Gasteiger partial charge in [-0.1, -0.05) is 151 Å². The van der Waals surface area contributed by atoms with E-state index in [2.05, 4.69) is 12.0 Å². The zero-order valence-corrected chi connectivity index (χ0v) is 25.7. The minimum Gasteiger partial charge on any atom is -0.481 e. The molecule has 8 heteroatoms. The lowest BCUT2D eigenvalue weighted by molar-refractivity contribution is -0.144. The van der Waals surface area contributed by atoms with E-state index >= 15 is 0 Å². The molecule has 224 valence electrons. The van der Waals surface area contributed by atoms with Gasteiger partial charge in [0.1, 0.15) is 5.78 Å². The van der Waals surface area contributed by atoms with Crippen LogP contribution in [-0.4, -0.2) is 32.8 Å². The Morgan fingerprint density at radius 3 is 1.77 bits per heavy atom. The number of nitrogens with zero attached hydrogens (tertiary/aromatic N) is 2. The second-order valence-corrected chi connectivity index (χ2v) is 12.4.